The molecule has 0 aliphatic carbocycles. The molecule has 0 aliphatic rings. The zero-order chi connectivity index (χ0) is 15.9. The van der Waals surface area contributed by atoms with E-state index < -0.39 is 0 Å². The number of hydrogen-bond acceptors (Lipinski definition) is 4. The van der Waals surface area contributed by atoms with E-state index in [-0.39, 0.29) is 5.91 Å². The number of ether oxygens (including phenoxy) is 1. The third kappa shape index (κ3) is 4.14. The van der Waals surface area contributed by atoms with Gasteiger partial charge in [-0.1, -0.05) is 24.3 Å². The summed E-state index contributed by atoms with van der Waals surface area (Å²) in [5, 5.41) is 2.82. The maximum atomic E-state index is 12.1. The molecule has 1 aromatic carbocycles. The molecule has 114 valence electrons. The zero-order valence-electron chi connectivity index (χ0n) is 12.3. The molecule has 2 aromatic heterocycles. The van der Waals surface area contributed by atoms with Gasteiger partial charge in [-0.2, -0.15) is 0 Å². The summed E-state index contributed by atoms with van der Waals surface area (Å²) in [5.41, 5.74) is 1.42. The first-order valence-electron chi connectivity index (χ1n) is 7.17. The Bertz CT molecular complexity index is 759. The Hall–Kier alpha value is -3.21. The van der Waals surface area contributed by atoms with E-state index in [9.17, 15) is 4.79 Å². The molecule has 0 bridgehead atoms. The molecule has 0 spiro atoms. The Morgan fingerprint density at radius 3 is 2.57 bits per heavy atom. The first-order valence-corrected chi connectivity index (χ1v) is 7.17. The van der Waals surface area contributed by atoms with Crippen LogP contribution in [0.15, 0.2) is 73.2 Å². The van der Waals surface area contributed by atoms with E-state index in [0.717, 1.165) is 5.56 Å². The van der Waals surface area contributed by atoms with Crippen molar-refractivity contribution in [3.05, 3.63) is 84.3 Å². The number of aromatic nitrogens is 2. The van der Waals surface area contributed by atoms with Crippen LogP contribution in [0, 0.1) is 0 Å². The number of hydrogen-bond donors (Lipinski definition) is 1. The maximum Gasteiger partial charge on any atom is 0.253 e. The molecule has 5 nitrogen and oxygen atoms in total. The van der Waals surface area contributed by atoms with Crippen molar-refractivity contribution in [2.75, 3.05) is 0 Å². The molecule has 1 amide bonds. The van der Waals surface area contributed by atoms with Gasteiger partial charge in [0.15, 0.2) is 0 Å². The molecule has 0 aliphatic heterocycles. The molecule has 5 heteroatoms. The second-order valence-electron chi connectivity index (χ2n) is 4.84. The zero-order valence-corrected chi connectivity index (χ0v) is 12.3. The summed E-state index contributed by atoms with van der Waals surface area (Å²) in [6.45, 7) is 0.426. The molecule has 23 heavy (non-hydrogen) atoms. The van der Waals surface area contributed by atoms with Gasteiger partial charge in [-0.15, -0.1) is 0 Å². The summed E-state index contributed by atoms with van der Waals surface area (Å²) in [6.07, 6.45) is 4.91. The molecule has 3 rings (SSSR count). The number of nitrogens with zero attached hydrogens (tertiary/aromatic N) is 2. The van der Waals surface area contributed by atoms with Gasteiger partial charge in [-0.3, -0.25) is 9.78 Å². The third-order valence-electron chi connectivity index (χ3n) is 3.14. The lowest BCUT2D eigenvalue weighted by Gasteiger charge is -2.07. The van der Waals surface area contributed by atoms with E-state index >= 15 is 0 Å². The first kappa shape index (κ1) is 14.7. The van der Waals surface area contributed by atoms with Crippen LogP contribution in [-0.2, 0) is 6.54 Å². The van der Waals surface area contributed by atoms with Crippen LogP contribution in [0.1, 0.15) is 15.9 Å². The van der Waals surface area contributed by atoms with Crippen molar-refractivity contribution in [1.29, 1.82) is 0 Å². The summed E-state index contributed by atoms with van der Waals surface area (Å²) in [6, 6.07) is 16.5. The van der Waals surface area contributed by atoms with Crippen molar-refractivity contribution < 1.29 is 9.53 Å². The predicted octanol–water partition coefficient (Wildman–Crippen LogP) is 3.20. The van der Waals surface area contributed by atoms with Gasteiger partial charge in [0.25, 0.3) is 5.91 Å². The average molecular weight is 305 g/mol. The highest BCUT2D eigenvalue weighted by Gasteiger charge is 2.07. The molecule has 3 aromatic rings. The summed E-state index contributed by atoms with van der Waals surface area (Å²) < 4.78 is 5.59. The van der Waals surface area contributed by atoms with Crippen LogP contribution < -0.4 is 10.1 Å². The molecule has 0 saturated carbocycles. The number of amides is 1. The number of rotatable bonds is 5. The molecular formula is C18H15N3O2. The molecule has 0 unspecified atom stereocenters. The minimum Gasteiger partial charge on any atom is -0.439 e. The Labute approximate surface area is 134 Å². The van der Waals surface area contributed by atoms with Crippen LogP contribution >= 0.6 is 0 Å². The van der Waals surface area contributed by atoms with Crippen LogP contribution in [0.5, 0.6) is 11.6 Å². The highest BCUT2D eigenvalue weighted by atomic mass is 16.5. The van der Waals surface area contributed by atoms with Crippen LogP contribution in [0.2, 0.25) is 0 Å². The SMILES string of the molecule is O=C(NCc1cccnc1)c1ccc(Oc2ccccc2)nc1. The van der Waals surface area contributed by atoms with Gasteiger partial charge in [0.1, 0.15) is 5.75 Å². The normalized spacial score (nSPS) is 10.1. The van der Waals surface area contributed by atoms with Crippen LogP contribution in [0.4, 0.5) is 0 Å². The second kappa shape index (κ2) is 7.17. The summed E-state index contributed by atoms with van der Waals surface area (Å²) in [7, 11) is 0. The molecule has 2 heterocycles. The number of nitrogens with one attached hydrogen (secondary N) is 1. The highest BCUT2D eigenvalue weighted by Crippen LogP contribution is 2.18. The minimum atomic E-state index is -0.187. The number of carbonyl (C=O) groups excluding carboxylic acids is 1. The maximum absolute atomic E-state index is 12.1. The molecule has 1 N–H and O–H groups in total. The first-order chi connectivity index (χ1) is 11.3. The lowest BCUT2D eigenvalue weighted by molar-refractivity contribution is 0.0950. The Morgan fingerprint density at radius 2 is 1.87 bits per heavy atom. The third-order valence-corrected chi connectivity index (χ3v) is 3.14. The predicted molar refractivity (Wildman–Crippen MR) is 86.2 cm³/mol. The van der Waals surface area contributed by atoms with E-state index in [0.29, 0.717) is 23.7 Å². The van der Waals surface area contributed by atoms with Crippen LogP contribution in [0.25, 0.3) is 0 Å². The monoisotopic (exact) mass is 305 g/mol. The second-order valence-corrected chi connectivity index (χ2v) is 4.84. The summed E-state index contributed by atoms with van der Waals surface area (Å²) in [5.74, 6) is 0.960. The van der Waals surface area contributed by atoms with Gasteiger partial charge in [0.05, 0.1) is 5.56 Å². The number of benzene rings is 1. The van der Waals surface area contributed by atoms with E-state index in [2.05, 4.69) is 15.3 Å². The summed E-state index contributed by atoms with van der Waals surface area (Å²) in [4.78, 5) is 20.2. The van der Waals surface area contributed by atoms with Crippen molar-refractivity contribution in [2.45, 2.75) is 6.54 Å². The largest absolute Gasteiger partial charge is 0.439 e. The molecular weight excluding hydrogens is 290 g/mol. The Kier molecular flexibility index (Phi) is 4.59. The molecule has 0 saturated heterocycles. The standard InChI is InChI=1S/C18H15N3O2/c22-18(21-12-14-5-4-10-19-11-14)15-8-9-17(20-13-15)23-16-6-2-1-3-7-16/h1-11,13H,12H2,(H,21,22). The van der Waals surface area contributed by atoms with Crippen molar-refractivity contribution in [3.63, 3.8) is 0 Å². The highest BCUT2D eigenvalue weighted by molar-refractivity contribution is 5.93. The fourth-order valence-electron chi connectivity index (χ4n) is 1.97. The van der Waals surface area contributed by atoms with Crippen LogP contribution in [0.3, 0.4) is 0 Å². The number of pyridine rings is 2. The van der Waals surface area contributed by atoms with Gasteiger partial charge in [0, 0.05) is 31.2 Å². The molecule has 0 radical (unpaired) electrons. The molecule has 0 atom stereocenters. The fraction of sp³-hybridized carbons (Fsp3) is 0.0556. The van der Waals surface area contributed by atoms with Gasteiger partial charge >= 0.3 is 0 Å². The van der Waals surface area contributed by atoms with Gasteiger partial charge < -0.3 is 10.1 Å². The number of carbonyl (C=O) groups is 1. The average Bonchev–Trinajstić information content (AvgIpc) is 2.62. The lowest BCUT2D eigenvalue weighted by Crippen LogP contribution is -2.22. The topological polar surface area (TPSA) is 64.1 Å². The van der Waals surface area contributed by atoms with E-state index in [1.807, 2.05) is 42.5 Å². The fourth-order valence-corrected chi connectivity index (χ4v) is 1.97. The van der Waals surface area contributed by atoms with Crippen molar-refractivity contribution in [3.8, 4) is 11.6 Å². The van der Waals surface area contributed by atoms with Crippen LogP contribution in [-0.4, -0.2) is 15.9 Å². The summed E-state index contributed by atoms with van der Waals surface area (Å²) >= 11 is 0. The Morgan fingerprint density at radius 1 is 1.00 bits per heavy atom. The molecule has 0 fully saturated rings. The van der Waals surface area contributed by atoms with Crippen molar-refractivity contribution >= 4 is 5.91 Å². The van der Waals surface area contributed by atoms with Gasteiger partial charge in [-0.05, 0) is 29.8 Å². The van der Waals surface area contributed by atoms with E-state index in [1.54, 1.807) is 24.5 Å². The van der Waals surface area contributed by atoms with E-state index in [1.165, 1.54) is 6.20 Å². The quantitative estimate of drug-likeness (QED) is 0.786. The van der Waals surface area contributed by atoms with Gasteiger partial charge in [-0.25, -0.2) is 4.98 Å². The van der Waals surface area contributed by atoms with Gasteiger partial charge in [0.2, 0.25) is 5.88 Å². The number of para-hydroxylation sites is 1. The smallest absolute Gasteiger partial charge is 0.253 e. The van der Waals surface area contributed by atoms with Crippen molar-refractivity contribution in [2.24, 2.45) is 0 Å². The van der Waals surface area contributed by atoms with E-state index in [4.69, 9.17) is 4.74 Å². The Balaban J connectivity index is 1.59. The minimum absolute atomic E-state index is 0.187. The lowest BCUT2D eigenvalue weighted by atomic mass is 10.2. The van der Waals surface area contributed by atoms with Crippen molar-refractivity contribution in [1.82, 2.24) is 15.3 Å².